The maximum Gasteiger partial charge on any atom is 0.127 e. The van der Waals surface area contributed by atoms with Crippen LogP contribution in [-0.2, 0) is 6.42 Å². The van der Waals surface area contributed by atoms with Gasteiger partial charge in [0.1, 0.15) is 5.75 Å². The molecule has 0 aromatic heterocycles. The topological polar surface area (TPSA) is 35.2 Å². The Kier molecular flexibility index (Phi) is 1.28. The van der Waals surface area contributed by atoms with E-state index in [4.69, 9.17) is 10.5 Å². The highest BCUT2D eigenvalue weighted by Gasteiger charge is 2.14. The molecule has 2 nitrogen and oxygen atoms in total. The molecule has 0 saturated heterocycles. The Morgan fingerprint density at radius 2 is 2.27 bits per heavy atom. The molecule has 0 bridgehead atoms. The molecule has 0 spiro atoms. The van der Waals surface area contributed by atoms with Gasteiger partial charge in [0.25, 0.3) is 0 Å². The summed E-state index contributed by atoms with van der Waals surface area (Å²) in [5.74, 6) is 1.00. The van der Waals surface area contributed by atoms with Crippen LogP contribution >= 0.6 is 0 Å². The quantitative estimate of drug-likeness (QED) is 0.567. The average Bonchev–Trinajstić information content (AvgIpc) is 2.45. The second kappa shape index (κ2) is 2.16. The highest BCUT2D eigenvalue weighted by atomic mass is 16.5. The van der Waals surface area contributed by atoms with Crippen LogP contribution < -0.4 is 10.5 Å². The van der Waals surface area contributed by atoms with Crippen molar-refractivity contribution in [3.63, 3.8) is 0 Å². The van der Waals surface area contributed by atoms with Crippen molar-refractivity contribution in [2.75, 3.05) is 12.3 Å². The van der Waals surface area contributed by atoms with E-state index in [1.807, 2.05) is 19.1 Å². The van der Waals surface area contributed by atoms with Crippen LogP contribution in [0, 0.1) is 6.92 Å². The molecule has 11 heavy (non-hydrogen) atoms. The first-order valence-corrected chi connectivity index (χ1v) is 3.80. The molecule has 0 radical (unpaired) electrons. The Morgan fingerprint density at radius 3 is 3.09 bits per heavy atom. The number of fused-ring (bicyclic) bond motifs is 1. The number of nitrogen functional groups attached to an aromatic ring is 1. The number of nitrogens with two attached hydrogens (primary N) is 1. The van der Waals surface area contributed by atoms with E-state index in [1.165, 1.54) is 5.56 Å². The molecular formula is C9H11NO. The molecular weight excluding hydrogens is 138 g/mol. The molecule has 2 N–H and O–H groups in total. The average molecular weight is 149 g/mol. The lowest BCUT2D eigenvalue weighted by Crippen LogP contribution is -1.92. The van der Waals surface area contributed by atoms with Crippen LogP contribution in [0.3, 0.4) is 0 Å². The second-order valence-corrected chi connectivity index (χ2v) is 2.87. The smallest absolute Gasteiger partial charge is 0.127 e. The summed E-state index contributed by atoms with van der Waals surface area (Å²) in [4.78, 5) is 0. The van der Waals surface area contributed by atoms with Gasteiger partial charge in [-0.2, -0.15) is 0 Å². The van der Waals surface area contributed by atoms with Gasteiger partial charge in [-0.25, -0.2) is 0 Å². The highest BCUT2D eigenvalue weighted by Crippen LogP contribution is 2.32. The van der Waals surface area contributed by atoms with E-state index < -0.39 is 0 Å². The van der Waals surface area contributed by atoms with Gasteiger partial charge in [-0.1, -0.05) is 6.07 Å². The van der Waals surface area contributed by atoms with Crippen molar-refractivity contribution in [3.05, 3.63) is 23.3 Å². The minimum absolute atomic E-state index is 0.805. The van der Waals surface area contributed by atoms with Crippen LogP contribution in [0.5, 0.6) is 5.75 Å². The second-order valence-electron chi connectivity index (χ2n) is 2.87. The molecule has 0 aliphatic carbocycles. The third-order valence-corrected chi connectivity index (χ3v) is 2.15. The summed E-state index contributed by atoms with van der Waals surface area (Å²) < 4.78 is 5.43. The van der Waals surface area contributed by atoms with Crippen molar-refractivity contribution < 1.29 is 4.74 Å². The summed E-state index contributed by atoms with van der Waals surface area (Å²) in [6, 6.07) is 3.99. The third-order valence-electron chi connectivity index (χ3n) is 2.15. The first-order valence-electron chi connectivity index (χ1n) is 3.80. The molecule has 2 rings (SSSR count). The molecule has 58 valence electrons. The lowest BCUT2D eigenvalue weighted by molar-refractivity contribution is 0.355. The normalized spacial score (nSPS) is 14.3. The van der Waals surface area contributed by atoms with Gasteiger partial charge < -0.3 is 10.5 Å². The van der Waals surface area contributed by atoms with E-state index in [0.717, 1.165) is 30.0 Å². The Morgan fingerprint density at radius 1 is 1.45 bits per heavy atom. The lowest BCUT2D eigenvalue weighted by atomic mass is 10.1. The van der Waals surface area contributed by atoms with E-state index in [-0.39, 0.29) is 0 Å². The third kappa shape index (κ3) is 0.862. The van der Waals surface area contributed by atoms with E-state index in [9.17, 15) is 0 Å². The number of hydrogen-bond acceptors (Lipinski definition) is 2. The largest absolute Gasteiger partial charge is 0.493 e. The van der Waals surface area contributed by atoms with Crippen LogP contribution in [0.25, 0.3) is 0 Å². The molecule has 0 amide bonds. The summed E-state index contributed by atoms with van der Waals surface area (Å²) in [6.07, 6.45) is 1.02. The number of anilines is 1. The minimum atomic E-state index is 0.805. The van der Waals surface area contributed by atoms with E-state index in [0.29, 0.717) is 0 Å². The Bertz CT molecular complexity index is 294. The summed E-state index contributed by atoms with van der Waals surface area (Å²) in [7, 11) is 0. The predicted octanol–water partition coefficient (Wildman–Crippen LogP) is 1.51. The molecule has 0 unspecified atom stereocenters. The molecule has 0 fully saturated rings. The minimum Gasteiger partial charge on any atom is -0.493 e. The Balaban J connectivity index is 2.62. The highest BCUT2D eigenvalue weighted by molar-refractivity contribution is 5.57. The van der Waals surface area contributed by atoms with Crippen molar-refractivity contribution in [1.82, 2.24) is 0 Å². The van der Waals surface area contributed by atoms with Crippen LogP contribution in [-0.4, -0.2) is 6.61 Å². The molecule has 1 aliphatic rings. The van der Waals surface area contributed by atoms with Crippen molar-refractivity contribution in [3.8, 4) is 5.75 Å². The SMILES string of the molecule is Cc1c(N)ccc2c1OCC2. The van der Waals surface area contributed by atoms with Crippen molar-refractivity contribution >= 4 is 5.69 Å². The fourth-order valence-corrected chi connectivity index (χ4v) is 1.42. The van der Waals surface area contributed by atoms with Crippen molar-refractivity contribution in [2.45, 2.75) is 13.3 Å². The summed E-state index contributed by atoms with van der Waals surface area (Å²) >= 11 is 0. The summed E-state index contributed by atoms with van der Waals surface area (Å²) in [6.45, 7) is 2.80. The maximum atomic E-state index is 5.71. The van der Waals surface area contributed by atoms with Gasteiger partial charge in [0, 0.05) is 17.7 Å². The maximum absolute atomic E-state index is 5.71. The monoisotopic (exact) mass is 149 g/mol. The number of ether oxygens (including phenoxy) is 1. The van der Waals surface area contributed by atoms with Gasteiger partial charge in [-0.3, -0.25) is 0 Å². The molecule has 1 aromatic carbocycles. The molecule has 0 atom stereocenters. The predicted molar refractivity (Wildman–Crippen MR) is 44.8 cm³/mol. The van der Waals surface area contributed by atoms with Gasteiger partial charge in [0.15, 0.2) is 0 Å². The number of rotatable bonds is 0. The van der Waals surface area contributed by atoms with E-state index >= 15 is 0 Å². The lowest BCUT2D eigenvalue weighted by Gasteiger charge is -2.05. The standard InChI is InChI=1S/C9H11NO/c1-6-8(10)3-2-7-4-5-11-9(6)7/h2-3H,4-5,10H2,1H3. The van der Waals surface area contributed by atoms with E-state index in [2.05, 4.69) is 0 Å². The zero-order valence-electron chi connectivity index (χ0n) is 6.55. The zero-order chi connectivity index (χ0) is 7.84. The summed E-state index contributed by atoms with van der Waals surface area (Å²) in [5, 5.41) is 0. The zero-order valence-corrected chi connectivity index (χ0v) is 6.55. The molecule has 1 aliphatic heterocycles. The van der Waals surface area contributed by atoms with Gasteiger partial charge in [0.05, 0.1) is 6.61 Å². The number of hydrogen-bond donors (Lipinski definition) is 1. The first-order chi connectivity index (χ1) is 5.29. The molecule has 2 heteroatoms. The van der Waals surface area contributed by atoms with Crippen LogP contribution in [0.2, 0.25) is 0 Å². The number of benzene rings is 1. The fraction of sp³-hybridized carbons (Fsp3) is 0.333. The molecule has 1 aromatic rings. The Hall–Kier alpha value is -1.18. The van der Waals surface area contributed by atoms with Crippen LogP contribution in [0.15, 0.2) is 12.1 Å². The van der Waals surface area contributed by atoms with Gasteiger partial charge >= 0.3 is 0 Å². The Labute approximate surface area is 66.0 Å². The van der Waals surface area contributed by atoms with Crippen molar-refractivity contribution in [2.24, 2.45) is 0 Å². The van der Waals surface area contributed by atoms with Crippen molar-refractivity contribution in [1.29, 1.82) is 0 Å². The molecule has 0 saturated carbocycles. The first kappa shape index (κ1) is 6.53. The van der Waals surface area contributed by atoms with E-state index in [1.54, 1.807) is 0 Å². The van der Waals surface area contributed by atoms with Gasteiger partial charge in [0.2, 0.25) is 0 Å². The van der Waals surface area contributed by atoms with Gasteiger partial charge in [-0.15, -0.1) is 0 Å². The van der Waals surface area contributed by atoms with Gasteiger partial charge in [-0.05, 0) is 18.6 Å². The van der Waals surface area contributed by atoms with Crippen LogP contribution in [0.4, 0.5) is 5.69 Å². The molecule has 1 heterocycles. The van der Waals surface area contributed by atoms with Crippen LogP contribution in [0.1, 0.15) is 11.1 Å². The summed E-state index contributed by atoms with van der Waals surface area (Å²) in [5.41, 5.74) is 8.91. The fourth-order valence-electron chi connectivity index (χ4n) is 1.42.